The summed E-state index contributed by atoms with van der Waals surface area (Å²) >= 11 is 9.00. The number of nitrogens with zero attached hydrogens (tertiary/aromatic N) is 1. The van der Waals surface area contributed by atoms with Gasteiger partial charge in [-0.1, -0.05) is 46.3 Å². The van der Waals surface area contributed by atoms with Crippen molar-refractivity contribution >= 4 is 38.9 Å². The topological polar surface area (TPSA) is 15.3 Å². The maximum Gasteiger partial charge on any atom is 0.173 e. The van der Waals surface area contributed by atoms with Crippen LogP contribution in [0.15, 0.2) is 53.0 Å². The van der Waals surface area contributed by atoms with Crippen LogP contribution in [-0.4, -0.2) is 16.6 Å². The number of rotatable bonds is 1. The summed E-state index contributed by atoms with van der Waals surface area (Å²) in [6.07, 6.45) is 1.05. The van der Waals surface area contributed by atoms with Crippen LogP contribution in [0, 0.1) is 0 Å². The molecule has 1 heterocycles. The molecule has 0 fully saturated rings. The molecule has 0 saturated carbocycles. The molecule has 1 N–H and O–H groups in total. The molecule has 0 atom stereocenters. The van der Waals surface area contributed by atoms with E-state index in [0.717, 1.165) is 34.8 Å². The maximum atomic E-state index is 5.53. The zero-order chi connectivity index (χ0) is 13.9. The minimum Gasteiger partial charge on any atom is -0.344 e. The van der Waals surface area contributed by atoms with Gasteiger partial charge in [-0.15, -0.1) is 0 Å². The Morgan fingerprint density at radius 1 is 1.10 bits per heavy atom. The molecular weight excluding hydrogens is 332 g/mol. The fourth-order valence-electron chi connectivity index (χ4n) is 2.44. The third kappa shape index (κ3) is 3.02. The average molecular weight is 347 g/mol. The number of thiocarbonyl (C=S) groups is 1. The molecule has 0 aromatic heterocycles. The first-order valence-electron chi connectivity index (χ1n) is 6.60. The molecule has 0 saturated heterocycles. The number of hydrogen-bond donors (Lipinski definition) is 1. The zero-order valence-electron chi connectivity index (χ0n) is 11.0. The van der Waals surface area contributed by atoms with Crippen LogP contribution in [0.4, 0.5) is 5.69 Å². The van der Waals surface area contributed by atoms with E-state index in [1.54, 1.807) is 0 Å². The molecule has 102 valence electrons. The van der Waals surface area contributed by atoms with Gasteiger partial charge in [-0.05, 0) is 48.0 Å². The lowest BCUT2D eigenvalue weighted by Gasteiger charge is -2.31. The first-order valence-corrected chi connectivity index (χ1v) is 7.81. The number of hydrogen-bond acceptors (Lipinski definition) is 1. The quantitative estimate of drug-likeness (QED) is 0.779. The van der Waals surface area contributed by atoms with E-state index in [2.05, 4.69) is 50.4 Å². The minimum absolute atomic E-state index is 0.789. The lowest BCUT2D eigenvalue weighted by Crippen LogP contribution is -2.38. The highest BCUT2D eigenvalue weighted by Gasteiger charge is 2.17. The third-order valence-corrected chi connectivity index (χ3v) is 4.35. The van der Waals surface area contributed by atoms with Crippen LogP contribution in [0.25, 0.3) is 0 Å². The molecule has 4 heteroatoms. The van der Waals surface area contributed by atoms with Crippen molar-refractivity contribution in [2.75, 3.05) is 11.9 Å². The molecule has 1 aliphatic rings. The van der Waals surface area contributed by atoms with E-state index in [4.69, 9.17) is 12.2 Å². The fourth-order valence-corrected chi connectivity index (χ4v) is 3.11. The molecule has 0 unspecified atom stereocenters. The van der Waals surface area contributed by atoms with Crippen molar-refractivity contribution in [1.82, 2.24) is 4.90 Å². The van der Waals surface area contributed by atoms with E-state index in [1.165, 1.54) is 11.1 Å². The Morgan fingerprint density at radius 2 is 1.90 bits per heavy atom. The molecule has 0 radical (unpaired) electrons. The van der Waals surface area contributed by atoms with Gasteiger partial charge in [0, 0.05) is 23.2 Å². The standard InChI is InChI=1S/C16H15BrN2S/c17-14-6-3-7-15(10-14)18-16(20)19-9-8-12-4-1-2-5-13(12)11-19/h1-7,10H,8-9,11H2,(H,18,20). The summed E-state index contributed by atoms with van der Waals surface area (Å²) < 4.78 is 1.05. The third-order valence-electron chi connectivity index (χ3n) is 3.49. The monoisotopic (exact) mass is 346 g/mol. The summed E-state index contributed by atoms with van der Waals surface area (Å²) in [6.45, 7) is 1.85. The molecule has 0 bridgehead atoms. The van der Waals surface area contributed by atoms with Crippen molar-refractivity contribution < 1.29 is 0 Å². The van der Waals surface area contributed by atoms with Gasteiger partial charge in [-0.3, -0.25) is 0 Å². The van der Waals surface area contributed by atoms with E-state index in [0.29, 0.717) is 0 Å². The van der Waals surface area contributed by atoms with Crippen LogP contribution in [0.1, 0.15) is 11.1 Å². The van der Waals surface area contributed by atoms with Crippen molar-refractivity contribution in [3.8, 4) is 0 Å². The van der Waals surface area contributed by atoms with E-state index in [9.17, 15) is 0 Å². The predicted octanol–water partition coefficient (Wildman–Crippen LogP) is 4.20. The number of fused-ring (bicyclic) bond motifs is 1. The SMILES string of the molecule is S=C(Nc1cccc(Br)c1)N1CCc2ccccc2C1. The Balaban J connectivity index is 1.70. The highest BCUT2D eigenvalue weighted by molar-refractivity contribution is 9.10. The Hall–Kier alpha value is -1.39. The fraction of sp³-hybridized carbons (Fsp3) is 0.188. The molecule has 2 aromatic rings. The second-order valence-corrected chi connectivity index (χ2v) is 6.18. The summed E-state index contributed by atoms with van der Waals surface area (Å²) in [5.41, 5.74) is 3.83. The van der Waals surface area contributed by atoms with Gasteiger partial charge in [0.25, 0.3) is 0 Å². The van der Waals surface area contributed by atoms with Crippen molar-refractivity contribution in [2.24, 2.45) is 0 Å². The van der Waals surface area contributed by atoms with Crippen LogP contribution in [-0.2, 0) is 13.0 Å². The largest absolute Gasteiger partial charge is 0.344 e. The molecular formula is C16H15BrN2S. The van der Waals surface area contributed by atoms with Crippen LogP contribution < -0.4 is 5.32 Å². The highest BCUT2D eigenvalue weighted by atomic mass is 79.9. The van der Waals surface area contributed by atoms with Gasteiger partial charge in [0.2, 0.25) is 0 Å². The second-order valence-electron chi connectivity index (χ2n) is 4.88. The predicted molar refractivity (Wildman–Crippen MR) is 90.9 cm³/mol. The van der Waals surface area contributed by atoms with E-state index in [1.807, 2.05) is 24.3 Å². The number of anilines is 1. The summed E-state index contributed by atoms with van der Waals surface area (Å²) in [4.78, 5) is 2.22. The normalized spacial score (nSPS) is 13.8. The van der Waals surface area contributed by atoms with Crippen molar-refractivity contribution in [3.63, 3.8) is 0 Å². The smallest absolute Gasteiger partial charge is 0.173 e. The second kappa shape index (κ2) is 5.94. The van der Waals surface area contributed by atoms with Crippen LogP contribution in [0.5, 0.6) is 0 Å². The molecule has 3 rings (SSSR count). The van der Waals surface area contributed by atoms with Gasteiger partial charge in [0.05, 0.1) is 0 Å². The van der Waals surface area contributed by atoms with Gasteiger partial charge in [-0.25, -0.2) is 0 Å². The van der Waals surface area contributed by atoms with E-state index < -0.39 is 0 Å². The van der Waals surface area contributed by atoms with Crippen LogP contribution in [0.3, 0.4) is 0 Å². The lowest BCUT2D eigenvalue weighted by atomic mass is 10.0. The molecule has 2 nitrogen and oxygen atoms in total. The van der Waals surface area contributed by atoms with E-state index in [-0.39, 0.29) is 0 Å². The molecule has 2 aromatic carbocycles. The van der Waals surface area contributed by atoms with Gasteiger partial charge in [0.15, 0.2) is 5.11 Å². The Bertz CT molecular complexity index is 642. The van der Waals surface area contributed by atoms with Gasteiger partial charge < -0.3 is 10.2 Å². The Morgan fingerprint density at radius 3 is 2.70 bits per heavy atom. The zero-order valence-corrected chi connectivity index (χ0v) is 13.4. The highest BCUT2D eigenvalue weighted by Crippen LogP contribution is 2.20. The van der Waals surface area contributed by atoms with Gasteiger partial charge in [-0.2, -0.15) is 0 Å². The molecule has 0 aliphatic carbocycles. The summed E-state index contributed by atoms with van der Waals surface area (Å²) in [7, 11) is 0. The summed E-state index contributed by atoms with van der Waals surface area (Å²) in [5.74, 6) is 0. The maximum absolute atomic E-state index is 5.53. The van der Waals surface area contributed by atoms with Crippen molar-refractivity contribution in [3.05, 3.63) is 64.1 Å². The molecule has 0 spiro atoms. The first-order chi connectivity index (χ1) is 9.72. The number of nitrogens with one attached hydrogen (secondary N) is 1. The van der Waals surface area contributed by atoms with Gasteiger partial charge >= 0.3 is 0 Å². The molecule has 0 amide bonds. The van der Waals surface area contributed by atoms with Crippen molar-refractivity contribution in [1.29, 1.82) is 0 Å². The minimum atomic E-state index is 0.789. The number of halogens is 1. The number of benzene rings is 2. The van der Waals surface area contributed by atoms with Gasteiger partial charge in [0.1, 0.15) is 0 Å². The Labute approximate surface area is 132 Å². The Kier molecular flexibility index (Phi) is 4.03. The summed E-state index contributed by atoms with van der Waals surface area (Å²) in [5, 5.41) is 4.10. The first kappa shape index (κ1) is 13.6. The van der Waals surface area contributed by atoms with E-state index >= 15 is 0 Å². The van der Waals surface area contributed by atoms with Crippen LogP contribution >= 0.6 is 28.1 Å². The van der Waals surface area contributed by atoms with Crippen molar-refractivity contribution in [2.45, 2.75) is 13.0 Å². The van der Waals surface area contributed by atoms with Crippen LogP contribution in [0.2, 0.25) is 0 Å². The molecule has 20 heavy (non-hydrogen) atoms. The summed E-state index contributed by atoms with van der Waals surface area (Å²) in [6, 6.07) is 16.6. The lowest BCUT2D eigenvalue weighted by molar-refractivity contribution is 0.399. The molecule has 1 aliphatic heterocycles. The average Bonchev–Trinajstić information content (AvgIpc) is 2.47.